The van der Waals surface area contributed by atoms with E-state index in [-0.39, 0.29) is 24.7 Å². The van der Waals surface area contributed by atoms with Gasteiger partial charge in [-0.05, 0) is 13.8 Å². The fraction of sp³-hybridized carbons (Fsp3) is 0.643. The second-order valence-electron chi connectivity index (χ2n) is 5.35. The molecule has 1 aliphatic rings. The van der Waals surface area contributed by atoms with Gasteiger partial charge in [0.15, 0.2) is 0 Å². The van der Waals surface area contributed by atoms with Gasteiger partial charge in [0.1, 0.15) is 5.76 Å². The van der Waals surface area contributed by atoms with E-state index in [1.54, 1.807) is 0 Å². The number of carbonyl (C=O) groups excluding carboxylic acids is 1. The normalized spacial score (nSPS) is 15.5. The van der Waals surface area contributed by atoms with E-state index in [9.17, 15) is 9.59 Å². The molecule has 0 saturated carbocycles. The van der Waals surface area contributed by atoms with Gasteiger partial charge in [0, 0.05) is 38.3 Å². The van der Waals surface area contributed by atoms with Crippen LogP contribution in [0.1, 0.15) is 23.4 Å². The zero-order valence-electron chi connectivity index (χ0n) is 12.9. The number of aryl methyl sites for hydroxylation is 2. The van der Waals surface area contributed by atoms with Gasteiger partial charge in [-0.1, -0.05) is 5.16 Å². The first kappa shape index (κ1) is 18.4. The van der Waals surface area contributed by atoms with Gasteiger partial charge in [-0.25, -0.2) is 0 Å². The van der Waals surface area contributed by atoms with Crippen LogP contribution in [0.3, 0.4) is 0 Å². The molecular weight excluding hydrogens is 310 g/mol. The van der Waals surface area contributed by atoms with E-state index >= 15 is 0 Å². The lowest BCUT2D eigenvalue weighted by molar-refractivity contribution is -0.138. The SMILES string of the molecule is Cc1noc(C)c1CC(=O)N1CCN(CCC(=O)O)CC1.Cl. The van der Waals surface area contributed by atoms with E-state index in [2.05, 4.69) is 10.1 Å². The predicted molar refractivity (Wildman–Crippen MR) is 82.2 cm³/mol. The number of carboxylic acids is 1. The first-order valence-electron chi connectivity index (χ1n) is 7.11. The Hall–Kier alpha value is -1.60. The van der Waals surface area contributed by atoms with Crippen LogP contribution in [-0.4, -0.2) is 64.7 Å². The Morgan fingerprint density at radius 2 is 1.86 bits per heavy atom. The number of nitrogens with zero attached hydrogens (tertiary/aromatic N) is 3. The summed E-state index contributed by atoms with van der Waals surface area (Å²) < 4.78 is 5.07. The van der Waals surface area contributed by atoms with E-state index < -0.39 is 5.97 Å². The van der Waals surface area contributed by atoms with Crippen LogP contribution >= 0.6 is 12.4 Å². The van der Waals surface area contributed by atoms with Crippen molar-refractivity contribution in [3.63, 3.8) is 0 Å². The van der Waals surface area contributed by atoms with Crippen LogP contribution in [0, 0.1) is 13.8 Å². The molecule has 22 heavy (non-hydrogen) atoms. The smallest absolute Gasteiger partial charge is 0.304 e. The Balaban J connectivity index is 0.00000242. The highest BCUT2D eigenvalue weighted by atomic mass is 35.5. The molecule has 1 saturated heterocycles. The summed E-state index contributed by atoms with van der Waals surface area (Å²) in [5, 5.41) is 12.5. The van der Waals surface area contributed by atoms with Crippen LogP contribution < -0.4 is 0 Å². The van der Waals surface area contributed by atoms with Gasteiger partial charge in [-0.2, -0.15) is 0 Å². The second-order valence-corrected chi connectivity index (χ2v) is 5.35. The van der Waals surface area contributed by atoms with E-state index in [1.165, 1.54) is 0 Å². The van der Waals surface area contributed by atoms with Crippen molar-refractivity contribution in [3.8, 4) is 0 Å². The molecule has 0 atom stereocenters. The fourth-order valence-corrected chi connectivity index (χ4v) is 2.49. The molecule has 7 nitrogen and oxygen atoms in total. The molecule has 1 N–H and O–H groups in total. The molecule has 2 heterocycles. The number of aromatic nitrogens is 1. The van der Waals surface area contributed by atoms with Crippen molar-refractivity contribution >= 4 is 24.3 Å². The number of rotatable bonds is 5. The minimum Gasteiger partial charge on any atom is -0.481 e. The lowest BCUT2D eigenvalue weighted by atomic mass is 10.1. The van der Waals surface area contributed by atoms with Gasteiger partial charge in [0.05, 0.1) is 18.5 Å². The number of piperazine rings is 1. The molecule has 1 fully saturated rings. The maximum atomic E-state index is 12.3. The summed E-state index contributed by atoms with van der Waals surface area (Å²) >= 11 is 0. The van der Waals surface area contributed by atoms with Gasteiger partial charge in [-0.3, -0.25) is 14.5 Å². The van der Waals surface area contributed by atoms with Gasteiger partial charge in [0.2, 0.25) is 5.91 Å². The Kier molecular flexibility index (Phi) is 6.83. The van der Waals surface area contributed by atoms with Gasteiger partial charge < -0.3 is 14.5 Å². The summed E-state index contributed by atoms with van der Waals surface area (Å²) in [5.41, 5.74) is 1.63. The van der Waals surface area contributed by atoms with Crippen LogP contribution in [-0.2, 0) is 16.0 Å². The van der Waals surface area contributed by atoms with Crippen LogP contribution in [0.25, 0.3) is 0 Å². The van der Waals surface area contributed by atoms with Gasteiger partial charge in [0.25, 0.3) is 0 Å². The Bertz CT molecular complexity index is 505. The highest BCUT2D eigenvalue weighted by Crippen LogP contribution is 2.14. The molecule has 1 aromatic heterocycles. The Labute approximate surface area is 135 Å². The summed E-state index contributed by atoms with van der Waals surface area (Å²) in [5.74, 6) is -0.0184. The summed E-state index contributed by atoms with van der Waals surface area (Å²) in [4.78, 5) is 26.7. The molecule has 0 aromatic carbocycles. The zero-order chi connectivity index (χ0) is 15.4. The van der Waals surface area contributed by atoms with Crippen LogP contribution in [0.5, 0.6) is 0 Å². The van der Waals surface area contributed by atoms with Crippen molar-refractivity contribution in [3.05, 3.63) is 17.0 Å². The maximum Gasteiger partial charge on any atom is 0.304 e. The minimum absolute atomic E-state index is 0. The second kappa shape index (κ2) is 8.14. The Morgan fingerprint density at radius 3 is 2.36 bits per heavy atom. The lowest BCUT2D eigenvalue weighted by Crippen LogP contribution is -2.49. The average Bonchev–Trinajstić information content (AvgIpc) is 2.77. The number of hydrogen-bond acceptors (Lipinski definition) is 5. The third kappa shape index (κ3) is 4.71. The number of amides is 1. The number of aliphatic carboxylic acids is 1. The predicted octanol–water partition coefficient (Wildman–Crippen LogP) is 0.875. The molecule has 1 aliphatic heterocycles. The third-order valence-corrected chi connectivity index (χ3v) is 3.88. The van der Waals surface area contributed by atoms with Gasteiger partial charge >= 0.3 is 5.97 Å². The van der Waals surface area contributed by atoms with Crippen molar-refractivity contribution < 1.29 is 19.2 Å². The third-order valence-electron chi connectivity index (χ3n) is 3.88. The van der Waals surface area contributed by atoms with Gasteiger partial charge in [-0.15, -0.1) is 12.4 Å². The largest absolute Gasteiger partial charge is 0.481 e. The first-order valence-corrected chi connectivity index (χ1v) is 7.11. The monoisotopic (exact) mass is 331 g/mol. The van der Waals surface area contributed by atoms with E-state index in [1.807, 2.05) is 18.7 Å². The summed E-state index contributed by atoms with van der Waals surface area (Å²) in [6, 6.07) is 0. The van der Waals surface area contributed by atoms with Crippen molar-refractivity contribution in [1.82, 2.24) is 15.0 Å². The van der Waals surface area contributed by atoms with Crippen LogP contribution in [0.4, 0.5) is 0 Å². The number of carbonyl (C=O) groups is 2. The molecule has 0 spiro atoms. The molecule has 1 amide bonds. The number of hydrogen-bond donors (Lipinski definition) is 1. The molecule has 0 bridgehead atoms. The van der Waals surface area contributed by atoms with Crippen LogP contribution in [0.15, 0.2) is 4.52 Å². The van der Waals surface area contributed by atoms with Crippen molar-refractivity contribution in [2.45, 2.75) is 26.7 Å². The summed E-state index contributed by atoms with van der Waals surface area (Å²) in [7, 11) is 0. The van der Waals surface area contributed by atoms with Crippen molar-refractivity contribution in [1.29, 1.82) is 0 Å². The quantitative estimate of drug-likeness (QED) is 0.861. The van der Waals surface area contributed by atoms with E-state index in [0.717, 1.165) is 24.3 Å². The lowest BCUT2D eigenvalue weighted by Gasteiger charge is -2.34. The molecule has 1 aromatic rings. The Morgan fingerprint density at radius 1 is 1.23 bits per heavy atom. The molecule has 124 valence electrons. The van der Waals surface area contributed by atoms with Crippen molar-refractivity contribution in [2.75, 3.05) is 32.7 Å². The highest BCUT2D eigenvalue weighted by molar-refractivity contribution is 5.85. The standard InChI is InChI=1S/C14H21N3O4.ClH/c1-10-12(11(2)21-15-10)9-13(18)17-7-5-16(6-8-17)4-3-14(19)20;/h3-9H2,1-2H3,(H,19,20);1H. The highest BCUT2D eigenvalue weighted by Gasteiger charge is 2.23. The zero-order valence-corrected chi connectivity index (χ0v) is 13.7. The number of carboxylic acid groups (broad SMARTS) is 1. The van der Waals surface area contributed by atoms with E-state index in [4.69, 9.17) is 9.63 Å². The molecule has 0 radical (unpaired) electrons. The fourth-order valence-electron chi connectivity index (χ4n) is 2.49. The molecule has 0 aliphatic carbocycles. The number of halogens is 1. The topological polar surface area (TPSA) is 86.9 Å². The molecular formula is C14H22ClN3O4. The first-order chi connectivity index (χ1) is 9.97. The van der Waals surface area contributed by atoms with E-state index in [0.29, 0.717) is 31.8 Å². The van der Waals surface area contributed by atoms with Crippen molar-refractivity contribution in [2.24, 2.45) is 0 Å². The summed E-state index contributed by atoms with van der Waals surface area (Å²) in [6.45, 7) is 6.92. The maximum absolute atomic E-state index is 12.3. The molecule has 0 unspecified atom stereocenters. The minimum atomic E-state index is -0.785. The summed E-state index contributed by atoms with van der Waals surface area (Å²) in [6.07, 6.45) is 0.462. The average molecular weight is 332 g/mol. The molecule has 8 heteroatoms. The molecule has 2 rings (SSSR count). The van der Waals surface area contributed by atoms with Crippen LogP contribution in [0.2, 0.25) is 0 Å².